The Morgan fingerprint density at radius 1 is 1.24 bits per heavy atom. The van der Waals surface area contributed by atoms with Crippen molar-refractivity contribution in [3.63, 3.8) is 0 Å². The highest BCUT2D eigenvalue weighted by Gasteiger charge is 2.17. The molecule has 7 heteroatoms. The first kappa shape index (κ1) is 17.6. The topological polar surface area (TPSA) is 66.2 Å². The standard InChI is InChI=1S/C18H21N3O3S/c1-13-12-19-15(11-17(13)24-10-6-9-23-2)18-20-14-7-4-5-8-16(14)21(18)25(3)22/h4-5,7-8,11-12H,6,9-10H2,1-3H3. The molecule has 0 radical (unpaired) electrons. The number of aromatic nitrogens is 3. The second-order valence-corrected chi connectivity index (χ2v) is 6.88. The second kappa shape index (κ2) is 7.76. The largest absolute Gasteiger partial charge is 0.493 e. The summed E-state index contributed by atoms with van der Waals surface area (Å²) in [5.41, 5.74) is 3.20. The number of hydrogen-bond donors (Lipinski definition) is 0. The Hall–Kier alpha value is -2.25. The zero-order valence-electron chi connectivity index (χ0n) is 14.6. The Morgan fingerprint density at radius 2 is 2.04 bits per heavy atom. The van der Waals surface area contributed by atoms with Crippen LogP contribution in [0.5, 0.6) is 5.75 Å². The van der Waals surface area contributed by atoms with Gasteiger partial charge in [-0.2, -0.15) is 0 Å². The number of para-hydroxylation sites is 2. The number of hydrogen-bond acceptors (Lipinski definition) is 5. The average Bonchev–Trinajstić information content (AvgIpc) is 3.00. The summed E-state index contributed by atoms with van der Waals surface area (Å²) in [7, 11) is 0.424. The van der Waals surface area contributed by atoms with Crippen LogP contribution in [0.15, 0.2) is 36.5 Å². The van der Waals surface area contributed by atoms with Crippen LogP contribution in [0, 0.1) is 6.92 Å². The molecule has 132 valence electrons. The van der Waals surface area contributed by atoms with Crippen LogP contribution in [0.3, 0.4) is 0 Å². The van der Waals surface area contributed by atoms with E-state index in [1.54, 1.807) is 23.5 Å². The van der Waals surface area contributed by atoms with E-state index < -0.39 is 11.0 Å². The highest BCUT2D eigenvalue weighted by atomic mass is 32.2. The first-order valence-electron chi connectivity index (χ1n) is 8.02. The van der Waals surface area contributed by atoms with Gasteiger partial charge in [0.2, 0.25) is 0 Å². The van der Waals surface area contributed by atoms with E-state index in [-0.39, 0.29) is 0 Å². The van der Waals surface area contributed by atoms with Gasteiger partial charge in [-0.3, -0.25) is 4.98 Å². The number of aryl methyl sites for hydroxylation is 1. The molecule has 0 amide bonds. The van der Waals surface area contributed by atoms with Crippen molar-refractivity contribution in [3.8, 4) is 17.3 Å². The lowest BCUT2D eigenvalue weighted by Crippen LogP contribution is -2.06. The molecule has 25 heavy (non-hydrogen) atoms. The predicted octanol–water partition coefficient (Wildman–Crippen LogP) is 2.96. The summed E-state index contributed by atoms with van der Waals surface area (Å²) in [5, 5.41) is 0. The van der Waals surface area contributed by atoms with Crippen molar-refractivity contribution in [2.75, 3.05) is 26.6 Å². The molecule has 6 nitrogen and oxygen atoms in total. The van der Waals surface area contributed by atoms with Gasteiger partial charge in [0.05, 0.1) is 17.6 Å². The van der Waals surface area contributed by atoms with Gasteiger partial charge in [0.15, 0.2) is 5.82 Å². The molecule has 0 fully saturated rings. The van der Waals surface area contributed by atoms with Crippen molar-refractivity contribution in [3.05, 3.63) is 42.1 Å². The lowest BCUT2D eigenvalue weighted by Gasteiger charge is -2.11. The van der Waals surface area contributed by atoms with Crippen LogP contribution in [0.1, 0.15) is 12.0 Å². The first-order chi connectivity index (χ1) is 12.1. The number of nitrogens with zero attached hydrogens (tertiary/aromatic N) is 3. The van der Waals surface area contributed by atoms with Crippen molar-refractivity contribution in [1.82, 2.24) is 13.9 Å². The van der Waals surface area contributed by atoms with Crippen molar-refractivity contribution < 1.29 is 13.7 Å². The summed E-state index contributed by atoms with van der Waals surface area (Å²) in [4.78, 5) is 9.09. The summed E-state index contributed by atoms with van der Waals surface area (Å²) in [6, 6.07) is 9.48. The van der Waals surface area contributed by atoms with Gasteiger partial charge in [-0.05, 0) is 19.1 Å². The Morgan fingerprint density at radius 3 is 2.80 bits per heavy atom. The van der Waals surface area contributed by atoms with Gasteiger partial charge < -0.3 is 9.47 Å². The number of benzene rings is 1. The molecule has 2 aromatic heterocycles. The number of fused-ring (bicyclic) bond motifs is 1. The molecule has 3 aromatic rings. The van der Waals surface area contributed by atoms with Crippen molar-refractivity contribution in [2.45, 2.75) is 13.3 Å². The van der Waals surface area contributed by atoms with E-state index in [2.05, 4.69) is 9.97 Å². The van der Waals surface area contributed by atoms with E-state index in [0.29, 0.717) is 24.7 Å². The molecule has 1 unspecified atom stereocenters. The van der Waals surface area contributed by atoms with Crippen LogP contribution in [-0.4, -0.2) is 44.7 Å². The fourth-order valence-corrected chi connectivity index (χ4v) is 3.40. The molecule has 2 heterocycles. The Labute approximate surface area is 149 Å². The second-order valence-electron chi connectivity index (χ2n) is 5.67. The first-order valence-corrected chi connectivity index (χ1v) is 9.53. The predicted molar refractivity (Wildman–Crippen MR) is 99.2 cm³/mol. The molecule has 0 saturated heterocycles. The summed E-state index contributed by atoms with van der Waals surface area (Å²) in [6.07, 6.45) is 4.20. The molecule has 0 spiro atoms. The Kier molecular flexibility index (Phi) is 5.45. The van der Waals surface area contributed by atoms with E-state index in [0.717, 1.165) is 28.8 Å². The molecule has 3 rings (SSSR count). The van der Waals surface area contributed by atoms with E-state index in [1.807, 2.05) is 37.3 Å². The monoisotopic (exact) mass is 359 g/mol. The minimum absolute atomic E-state index is 0.564. The highest BCUT2D eigenvalue weighted by Crippen LogP contribution is 2.28. The maximum Gasteiger partial charge on any atom is 0.172 e. The summed E-state index contributed by atoms with van der Waals surface area (Å²) in [5.74, 6) is 1.32. The lowest BCUT2D eigenvalue weighted by molar-refractivity contribution is 0.172. The van der Waals surface area contributed by atoms with Crippen LogP contribution in [-0.2, 0) is 15.7 Å². The molecular weight excluding hydrogens is 338 g/mol. The number of pyridine rings is 1. The maximum atomic E-state index is 12.3. The number of methoxy groups -OCH3 is 1. The SMILES string of the molecule is COCCCOc1cc(-c2nc3ccccc3n2S(C)=O)ncc1C. The highest BCUT2D eigenvalue weighted by molar-refractivity contribution is 7.83. The molecule has 0 aliphatic carbocycles. The van der Waals surface area contributed by atoms with Crippen molar-refractivity contribution in [2.24, 2.45) is 0 Å². The number of imidazole rings is 1. The van der Waals surface area contributed by atoms with Gasteiger partial charge >= 0.3 is 0 Å². The molecule has 0 bridgehead atoms. The number of rotatable bonds is 7. The van der Waals surface area contributed by atoms with Crippen LogP contribution >= 0.6 is 0 Å². The molecular formula is C18H21N3O3S. The van der Waals surface area contributed by atoms with E-state index in [1.165, 1.54) is 0 Å². The summed E-state index contributed by atoms with van der Waals surface area (Å²) in [6.45, 7) is 3.17. The van der Waals surface area contributed by atoms with Crippen LogP contribution in [0.2, 0.25) is 0 Å². The Bertz CT molecular complexity index is 908. The normalized spacial score (nSPS) is 12.4. The number of ether oxygens (including phenoxy) is 2. The van der Waals surface area contributed by atoms with E-state index >= 15 is 0 Å². The molecule has 0 aliphatic heterocycles. The summed E-state index contributed by atoms with van der Waals surface area (Å²) < 4.78 is 24.8. The smallest absolute Gasteiger partial charge is 0.172 e. The molecule has 1 atom stereocenters. The van der Waals surface area contributed by atoms with E-state index in [9.17, 15) is 4.21 Å². The summed E-state index contributed by atoms with van der Waals surface area (Å²) >= 11 is 0. The molecule has 0 N–H and O–H groups in total. The maximum absolute atomic E-state index is 12.3. The zero-order valence-corrected chi connectivity index (χ0v) is 15.4. The van der Waals surface area contributed by atoms with Crippen LogP contribution in [0.25, 0.3) is 22.6 Å². The fraction of sp³-hybridized carbons (Fsp3) is 0.333. The van der Waals surface area contributed by atoms with Gasteiger partial charge in [-0.25, -0.2) is 13.2 Å². The average molecular weight is 359 g/mol. The third kappa shape index (κ3) is 3.72. The minimum atomic E-state index is -1.25. The van der Waals surface area contributed by atoms with Crippen LogP contribution in [0.4, 0.5) is 0 Å². The fourth-order valence-electron chi connectivity index (χ4n) is 2.59. The van der Waals surface area contributed by atoms with Gasteiger partial charge in [0.1, 0.15) is 22.4 Å². The van der Waals surface area contributed by atoms with Crippen molar-refractivity contribution in [1.29, 1.82) is 0 Å². The quantitative estimate of drug-likeness (QED) is 0.607. The zero-order chi connectivity index (χ0) is 17.8. The van der Waals surface area contributed by atoms with Gasteiger partial charge in [0, 0.05) is 44.2 Å². The van der Waals surface area contributed by atoms with E-state index in [4.69, 9.17) is 9.47 Å². The van der Waals surface area contributed by atoms with Gasteiger partial charge in [-0.1, -0.05) is 12.1 Å². The van der Waals surface area contributed by atoms with Crippen LogP contribution < -0.4 is 4.74 Å². The molecule has 0 saturated carbocycles. The molecule has 0 aliphatic rings. The minimum Gasteiger partial charge on any atom is -0.493 e. The van der Waals surface area contributed by atoms with Crippen molar-refractivity contribution >= 4 is 22.0 Å². The molecule has 1 aromatic carbocycles. The van der Waals surface area contributed by atoms with Gasteiger partial charge in [-0.15, -0.1) is 0 Å². The third-order valence-electron chi connectivity index (χ3n) is 3.81. The van der Waals surface area contributed by atoms with Gasteiger partial charge in [0.25, 0.3) is 0 Å². The third-order valence-corrected chi connectivity index (χ3v) is 4.69. The lowest BCUT2D eigenvalue weighted by atomic mass is 10.2. The Balaban J connectivity index is 2.00.